The number of aliphatic hydroxyl groups is 1. The molecule has 3 rings (SSSR count). The summed E-state index contributed by atoms with van der Waals surface area (Å²) in [5, 5.41) is 21.3. The number of benzene rings is 1. The van der Waals surface area contributed by atoms with Gasteiger partial charge in [-0.15, -0.1) is 0 Å². The van der Waals surface area contributed by atoms with E-state index >= 15 is 0 Å². The summed E-state index contributed by atoms with van der Waals surface area (Å²) in [5.74, 6) is 0.863. The van der Waals surface area contributed by atoms with Crippen molar-refractivity contribution in [2.45, 2.75) is 18.9 Å². The molecule has 20 heavy (non-hydrogen) atoms. The molecule has 2 fully saturated rings. The third kappa shape index (κ3) is 2.47. The fourth-order valence-corrected chi connectivity index (χ4v) is 3.30. The average molecular weight is 271 g/mol. The first kappa shape index (κ1) is 12.9. The van der Waals surface area contributed by atoms with E-state index in [1.807, 2.05) is 0 Å². The van der Waals surface area contributed by atoms with Crippen molar-refractivity contribution in [2.24, 2.45) is 11.8 Å². The van der Waals surface area contributed by atoms with Crippen LogP contribution in [0.1, 0.15) is 18.4 Å². The van der Waals surface area contributed by atoms with Gasteiger partial charge in [-0.05, 0) is 42.9 Å². The highest BCUT2D eigenvalue weighted by molar-refractivity contribution is 5.89. The molecule has 2 N–H and O–H groups in total. The lowest BCUT2D eigenvalue weighted by atomic mass is 10.0. The molecular weight excluding hydrogens is 254 g/mol. The maximum absolute atomic E-state index is 12.2. The molecule has 5 nitrogen and oxygen atoms in total. The van der Waals surface area contributed by atoms with Gasteiger partial charge in [0.2, 0.25) is 0 Å². The molecule has 1 saturated carbocycles. The fourth-order valence-electron chi connectivity index (χ4n) is 3.30. The number of carbonyl (C=O) groups is 1. The Morgan fingerprint density at radius 2 is 2.05 bits per heavy atom. The van der Waals surface area contributed by atoms with Gasteiger partial charge in [0.15, 0.2) is 0 Å². The second-order valence-electron chi connectivity index (χ2n) is 5.67. The number of hydrogen-bond donors (Lipinski definition) is 2. The van der Waals surface area contributed by atoms with Gasteiger partial charge in [0.1, 0.15) is 0 Å². The summed E-state index contributed by atoms with van der Waals surface area (Å²) in [4.78, 5) is 14.0. The maximum Gasteiger partial charge on any atom is 0.321 e. The van der Waals surface area contributed by atoms with Gasteiger partial charge in [-0.1, -0.05) is 6.07 Å². The number of likely N-dealkylation sites (tertiary alicyclic amines) is 1. The van der Waals surface area contributed by atoms with Crippen molar-refractivity contribution in [3.05, 3.63) is 29.8 Å². The van der Waals surface area contributed by atoms with Gasteiger partial charge in [-0.25, -0.2) is 4.79 Å². The molecule has 1 saturated heterocycles. The zero-order valence-electron chi connectivity index (χ0n) is 11.1. The van der Waals surface area contributed by atoms with Crippen molar-refractivity contribution < 1.29 is 9.90 Å². The number of hydrogen-bond acceptors (Lipinski definition) is 3. The predicted molar refractivity (Wildman–Crippen MR) is 74.0 cm³/mol. The van der Waals surface area contributed by atoms with Crippen LogP contribution in [0.15, 0.2) is 24.3 Å². The zero-order valence-corrected chi connectivity index (χ0v) is 11.1. The first-order valence-corrected chi connectivity index (χ1v) is 6.90. The second-order valence-corrected chi connectivity index (χ2v) is 5.67. The number of carbonyl (C=O) groups excluding carboxylic acids is 1. The molecule has 0 aromatic heterocycles. The molecule has 1 aromatic rings. The van der Waals surface area contributed by atoms with Crippen LogP contribution in [-0.2, 0) is 0 Å². The average Bonchev–Trinajstić information content (AvgIpc) is 2.96. The molecule has 2 amide bonds. The topological polar surface area (TPSA) is 76.4 Å². The lowest BCUT2D eigenvalue weighted by Crippen LogP contribution is -2.34. The van der Waals surface area contributed by atoms with Crippen LogP contribution < -0.4 is 5.32 Å². The highest BCUT2D eigenvalue weighted by Crippen LogP contribution is 2.38. The Labute approximate surface area is 117 Å². The monoisotopic (exact) mass is 271 g/mol. The third-order valence-electron chi connectivity index (χ3n) is 4.26. The molecule has 1 aromatic carbocycles. The molecule has 0 radical (unpaired) electrons. The van der Waals surface area contributed by atoms with Gasteiger partial charge in [-0.2, -0.15) is 5.26 Å². The van der Waals surface area contributed by atoms with Crippen molar-refractivity contribution >= 4 is 11.7 Å². The Kier molecular flexibility index (Phi) is 3.33. The minimum atomic E-state index is -0.192. The van der Waals surface area contributed by atoms with Crippen molar-refractivity contribution in [2.75, 3.05) is 18.4 Å². The van der Waals surface area contributed by atoms with Gasteiger partial charge in [0, 0.05) is 18.8 Å². The highest BCUT2D eigenvalue weighted by Gasteiger charge is 2.41. The molecule has 1 unspecified atom stereocenters. The van der Waals surface area contributed by atoms with Gasteiger partial charge in [-0.3, -0.25) is 0 Å². The van der Waals surface area contributed by atoms with Crippen LogP contribution >= 0.6 is 0 Å². The Hall–Kier alpha value is -2.06. The predicted octanol–water partition coefficient (Wildman–Crippen LogP) is 1.79. The first-order chi connectivity index (χ1) is 9.65. The second kappa shape index (κ2) is 5.14. The molecule has 3 atom stereocenters. The van der Waals surface area contributed by atoms with Crippen molar-refractivity contribution in [1.29, 1.82) is 5.26 Å². The Balaban J connectivity index is 1.62. The molecule has 1 heterocycles. The molecular formula is C15H17N3O2. The summed E-state index contributed by atoms with van der Waals surface area (Å²) in [5.41, 5.74) is 1.18. The maximum atomic E-state index is 12.2. The number of nitrogens with one attached hydrogen (secondary N) is 1. The number of anilines is 1. The van der Waals surface area contributed by atoms with E-state index in [0.717, 1.165) is 12.8 Å². The van der Waals surface area contributed by atoms with E-state index in [0.29, 0.717) is 36.2 Å². The van der Waals surface area contributed by atoms with E-state index in [-0.39, 0.29) is 12.1 Å². The summed E-state index contributed by atoms with van der Waals surface area (Å²) >= 11 is 0. The third-order valence-corrected chi connectivity index (χ3v) is 4.26. The van der Waals surface area contributed by atoms with Gasteiger partial charge in [0.05, 0.1) is 17.7 Å². The first-order valence-electron chi connectivity index (χ1n) is 6.90. The standard InChI is InChI=1S/C15H17N3O2/c16-7-10-2-1-3-13(4-10)17-15(20)18-8-11-5-14(19)6-12(11)9-18/h1-4,11-12,14,19H,5-6,8-9H2,(H,17,20)/t11-,12+,14?. The summed E-state index contributed by atoms with van der Waals surface area (Å²) in [6.07, 6.45) is 1.42. The van der Waals surface area contributed by atoms with Gasteiger partial charge >= 0.3 is 6.03 Å². The summed E-state index contributed by atoms with van der Waals surface area (Å²) in [6, 6.07) is 8.83. The molecule has 104 valence electrons. The Morgan fingerprint density at radius 1 is 1.35 bits per heavy atom. The number of aliphatic hydroxyl groups excluding tert-OH is 1. The summed E-state index contributed by atoms with van der Waals surface area (Å²) < 4.78 is 0. The van der Waals surface area contributed by atoms with Gasteiger partial charge in [0.25, 0.3) is 0 Å². The zero-order chi connectivity index (χ0) is 14.1. The molecule has 5 heteroatoms. The number of urea groups is 1. The quantitative estimate of drug-likeness (QED) is 0.817. The molecule has 0 spiro atoms. The fraction of sp³-hybridized carbons (Fsp3) is 0.467. The number of amides is 2. The van der Waals surface area contributed by atoms with E-state index in [1.54, 1.807) is 29.2 Å². The number of rotatable bonds is 1. The molecule has 0 bridgehead atoms. The number of fused-ring (bicyclic) bond motifs is 1. The lowest BCUT2D eigenvalue weighted by Gasteiger charge is -2.18. The van der Waals surface area contributed by atoms with Gasteiger partial charge < -0.3 is 15.3 Å². The van der Waals surface area contributed by atoms with E-state index in [4.69, 9.17) is 5.26 Å². The molecule has 2 aliphatic rings. The van der Waals surface area contributed by atoms with E-state index < -0.39 is 0 Å². The number of nitriles is 1. The summed E-state index contributed by atoms with van der Waals surface area (Å²) in [7, 11) is 0. The van der Waals surface area contributed by atoms with E-state index in [9.17, 15) is 9.90 Å². The minimum absolute atomic E-state index is 0.121. The Morgan fingerprint density at radius 3 is 2.70 bits per heavy atom. The van der Waals surface area contributed by atoms with Crippen molar-refractivity contribution in [3.63, 3.8) is 0 Å². The molecule has 1 aliphatic heterocycles. The molecule has 1 aliphatic carbocycles. The summed E-state index contributed by atoms with van der Waals surface area (Å²) in [6.45, 7) is 1.43. The van der Waals surface area contributed by atoms with Crippen molar-refractivity contribution in [1.82, 2.24) is 4.90 Å². The lowest BCUT2D eigenvalue weighted by molar-refractivity contribution is 0.163. The highest BCUT2D eigenvalue weighted by atomic mass is 16.3. The van der Waals surface area contributed by atoms with Crippen LogP contribution in [0.4, 0.5) is 10.5 Å². The van der Waals surface area contributed by atoms with Crippen LogP contribution in [0.2, 0.25) is 0 Å². The van der Waals surface area contributed by atoms with Crippen molar-refractivity contribution in [3.8, 4) is 6.07 Å². The smallest absolute Gasteiger partial charge is 0.321 e. The van der Waals surface area contributed by atoms with Crippen LogP contribution in [0.5, 0.6) is 0 Å². The largest absolute Gasteiger partial charge is 0.393 e. The van der Waals surface area contributed by atoms with Crippen LogP contribution in [0.3, 0.4) is 0 Å². The minimum Gasteiger partial charge on any atom is -0.393 e. The van der Waals surface area contributed by atoms with E-state index in [2.05, 4.69) is 11.4 Å². The van der Waals surface area contributed by atoms with Crippen LogP contribution in [0, 0.1) is 23.2 Å². The number of nitrogens with zero attached hydrogens (tertiary/aromatic N) is 2. The normalized spacial score (nSPS) is 28.0. The van der Waals surface area contributed by atoms with Crippen LogP contribution in [0.25, 0.3) is 0 Å². The van der Waals surface area contributed by atoms with E-state index in [1.165, 1.54) is 0 Å². The Bertz CT molecular complexity index is 552. The van der Waals surface area contributed by atoms with Crippen LogP contribution in [-0.4, -0.2) is 35.2 Å². The SMILES string of the molecule is N#Cc1cccc(NC(=O)N2C[C@H]3CC(O)C[C@H]3C2)c1.